The van der Waals surface area contributed by atoms with Gasteiger partial charge < -0.3 is 10.6 Å². The Morgan fingerprint density at radius 1 is 1.47 bits per heavy atom. The van der Waals surface area contributed by atoms with Crippen LogP contribution in [-0.4, -0.2) is 18.6 Å². The van der Waals surface area contributed by atoms with Gasteiger partial charge >= 0.3 is 0 Å². The van der Waals surface area contributed by atoms with Gasteiger partial charge in [0.1, 0.15) is 0 Å². The molecule has 2 rings (SSSR count). The van der Waals surface area contributed by atoms with Gasteiger partial charge in [-0.05, 0) is 51.3 Å². The molecule has 0 bridgehead atoms. The molecule has 2 nitrogen and oxygen atoms in total. The Morgan fingerprint density at radius 3 is 2.94 bits per heavy atom. The van der Waals surface area contributed by atoms with Crippen molar-refractivity contribution < 1.29 is 0 Å². The molecule has 0 aromatic carbocycles. The molecule has 0 radical (unpaired) electrons. The second-order valence-electron chi connectivity index (χ2n) is 5.03. The maximum atomic E-state index is 3.63. The van der Waals surface area contributed by atoms with E-state index in [4.69, 9.17) is 0 Å². The summed E-state index contributed by atoms with van der Waals surface area (Å²) in [6.07, 6.45) is 5.12. The predicted molar refractivity (Wildman–Crippen MR) is 75.6 cm³/mol. The Balaban J connectivity index is 1.69. The quantitative estimate of drug-likeness (QED) is 0.813. The highest BCUT2D eigenvalue weighted by Gasteiger charge is 2.16. The van der Waals surface area contributed by atoms with Gasteiger partial charge in [-0.3, -0.25) is 0 Å². The molecule has 0 spiro atoms. The summed E-state index contributed by atoms with van der Waals surface area (Å²) in [5, 5.41) is 7.20. The summed E-state index contributed by atoms with van der Waals surface area (Å²) in [5.74, 6) is 0. The summed E-state index contributed by atoms with van der Waals surface area (Å²) in [4.78, 5) is 2.96. The Bertz CT molecular complexity index is 329. The minimum Gasteiger partial charge on any atom is -0.314 e. The highest BCUT2D eigenvalue weighted by molar-refractivity contribution is 7.11. The molecule has 1 aromatic heterocycles. The third-order valence-electron chi connectivity index (χ3n) is 3.49. The lowest BCUT2D eigenvalue weighted by molar-refractivity contribution is 0.441. The van der Waals surface area contributed by atoms with Crippen LogP contribution in [0, 0.1) is 0 Å². The van der Waals surface area contributed by atoms with Crippen LogP contribution >= 0.6 is 11.3 Å². The third kappa shape index (κ3) is 4.09. The van der Waals surface area contributed by atoms with Crippen molar-refractivity contribution in [3.05, 3.63) is 21.9 Å². The Morgan fingerprint density at radius 2 is 2.29 bits per heavy atom. The van der Waals surface area contributed by atoms with E-state index in [0.29, 0.717) is 6.04 Å². The first-order valence-corrected chi connectivity index (χ1v) is 7.64. The number of rotatable bonds is 6. The van der Waals surface area contributed by atoms with Crippen molar-refractivity contribution in [3.63, 3.8) is 0 Å². The Hall–Kier alpha value is -0.380. The normalized spacial score (nSPS) is 21.9. The van der Waals surface area contributed by atoms with Crippen LogP contribution in [0.15, 0.2) is 12.1 Å². The van der Waals surface area contributed by atoms with Crippen LogP contribution in [-0.2, 0) is 13.0 Å². The molecule has 2 atom stereocenters. The van der Waals surface area contributed by atoms with Crippen LogP contribution in [0.1, 0.15) is 42.9 Å². The number of thiophene rings is 1. The smallest absolute Gasteiger partial charge is 0.0302 e. The van der Waals surface area contributed by atoms with Crippen LogP contribution in [0.3, 0.4) is 0 Å². The molecule has 3 heteroatoms. The van der Waals surface area contributed by atoms with E-state index in [2.05, 4.69) is 36.6 Å². The number of aryl methyl sites for hydroxylation is 1. The Kier molecular flexibility index (Phi) is 5.01. The van der Waals surface area contributed by atoms with Crippen LogP contribution in [0.4, 0.5) is 0 Å². The fourth-order valence-corrected chi connectivity index (χ4v) is 3.36. The summed E-state index contributed by atoms with van der Waals surface area (Å²) in [7, 11) is 0. The molecular weight excluding hydrogens is 228 g/mol. The Labute approximate surface area is 109 Å². The first-order chi connectivity index (χ1) is 8.28. The highest BCUT2D eigenvalue weighted by atomic mass is 32.1. The molecular formula is C14H24N2S. The van der Waals surface area contributed by atoms with Crippen LogP contribution in [0.2, 0.25) is 0 Å². The van der Waals surface area contributed by atoms with Gasteiger partial charge in [-0.15, -0.1) is 11.3 Å². The van der Waals surface area contributed by atoms with Gasteiger partial charge in [-0.2, -0.15) is 0 Å². The molecule has 0 aliphatic carbocycles. The minimum absolute atomic E-state index is 0.609. The third-order valence-corrected chi connectivity index (χ3v) is 4.72. The van der Waals surface area contributed by atoms with Gasteiger partial charge in [-0.1, -0.05) is 6.92 Å². The summed E-state index contributed by atoms with van der Waals surface area (Å²) < 4.78 is 0. The monoisotopic (exact) mass is 252 g/mol. The number of hydrogen-bond donors (Lipinski definition) is 2. The molecule has 2 unspecified atom stereocenters. The zero-order valence-electron chi connectivity index (χ0n) is 11.0. The maximum Gasteiger partial charge on any atom is 0.0302 e. The topological polar surface area (TPSA) is 24.1 Å². The van der Waals surface area contributed by atoms with E-state index in [1.165, 1.54) is 35.6 Å². The second kappa shape index (κ2) is 6.53. The highest BCUT2D eigenvalue weighted by Crippen LogP contribution is 2.17. The number of nitrogens with one attached hydrogen (secondary N) is 2. The van der Waals surface area contributed by atoms with Crippen molar-refractivity contribution >= 4 is 11.3 Å². The van der Waals surface area contributed by atoms with Gasteiger partial charge in [0.15, 0.2) is 0 Å². The van der Waals surface area contributed by atoms with E-state index in [9.17, 15) is 0 Å². The summed E-state index contributed by atoms with van der Waals surface area (Å²) in [6, 6.07) is 5.87. The molecule has 1 aromatic rings. The first kappa shape index (κ1) is 13.1. The molecule has 96 valence electrons. The number of hydrogen-bond acceptors (Lipinski definition) is 3. The average molecular weight is 252 g/mol. The molecule has 2 heterocycles. The predicted octanol–water partition coefficient (Wildman–Crippen LogP) is 2.93. The van der Waals surface area contributed by atoms with Crippen molar-refractivity contribution in [3.8, 4) is 0 Å². The van der Waals surface area contributed by atoms with Crippen molar-refractivity contribution in [2.24, 2.45) is 0 Å². The maximum absolute atomic E-state index is 3.63. The second-order valence-corrected chi connectivity index (χ2v) is 6.29. The fourth-order valence-electron chi connectivity index (χ4n) is 2.45. The van der Waals surface area contributed by atoms with Crippen LogP contribution in [0.5, 0.6) is 0 Å². The lowest BCUT2D eigenvalue weighted by Crippen LogP contribution is -2.33. The summed E-state index contributed by atoms with van der Waals surface area (Å²) in [5.41, 5.74) is 0. The van der Waals surface area contributed by atoms with E-state index in [1.54, 1.807) is 0 Å². The molecule has 1 saturated heterocycles. The van der Waals surface area contributed by atoms with E-state index in [-0.39, 0.29) is 0 Å². The minimum atomic E-state index is 0.609. The van der Waals surface area contributed by atoms with E-state index >= 15 is 0 Å². The zero-order valence-corrected chi connectivity index (χ0v) is 11.8. The largest absolute Gasteiger partial charge is 0.314 e. The molecule has 1 aliphatic rings. The van der Waals surface area contributed by atoms with Crippen molar-refractivity contribution in [1.29, 1.82) is 0 Å². The van der Waals surface area contributed by atoms with Crippen molar-refractivity contribution in [2.45, 2.75) is 58.2 Å². The van der Waals surface area contributed by atoms with Crippen LogP contribution in [0.25, 0.3) is 0 Å². The van der Waals surface area contributed by atoms with E-state index < -0.39 is 0 Å². The van der Waals surface area contributed by atoms with Crippen molar-refractivity contribution in [2.75, 3.05) is 6.54 Å². The summed E-state index contributed by atoms with van der Waals surface area (Å²) in [6.45, 7) is 6.76. The van der Waals surface area contributed by atoms with Crippen LogP contribution < -0.4 is 10.6 Å². The van der Waals surface area contributed by atoms with Gasteiger partial charge in [0.2, 0.25) is 0 Å². The zero-order chi connectivity index (χ0) is 12.1. The van der Waals surface area contributed by atoms with Gasteiger partial charge in [0, 0.05) is 28.4 Å². The molecule has 0 amide bonds. The summed E-state index contributed by atoms with van der Waals surface area (Å²) >= 11 is 1.94. The average Bonchev–Trinajstić information content (AvgIpc) is 2.96. The molecule has 17 heavy (non-hydrogen) atoms. The van der Waals surface area contributed by atoms with E-state index in [1.807, 2.05) is 11.3 Å². The van der Waals surface area contributed by atoms with E-state index in [0.717, 1.165) is 19.0 Å². The molecule has 2 N–H and O–H groups in total. The molecule has 1 fully saturated rings. The lowest BCUT2D eigenvalue weighted by Gasteiger charge is -2.17. The molecule has 1 aliphatic heterocycles. The first-order valence-electron chi connectivity index (χ1n) is 6.82. The standard InChI is InChI=1S/C14H24N2S/c1-3-13-6-7-14(17-13)10-16-11(2)9-12-5-4-8-15-12/h6-7,11-12,15-16H,3-5,8-10H2,1-2H3. The van der Waals surface area contributed by atoms with Gasteiger partial charge in [0.25, 0.3) is 0 Å². The van der Waals surface area contributed by atoms with Crippen molar-refractivity contribution in [1.82, 2.24) is 10.6 Å². The molecule has 0 saturated carbocycles. The SMILES string of the molecule is CCc1ccc(CNC(C)CC2CCCN2)s1. The lowest BCUT2D eigenvalue weighted by atomic mass is 10.1. The fraction of sp³-hybridized carbons (Fsp3) is 0.714. The van der Waals surface area contributed by atoms with Gasteiger partial charge in [-0.25, -0.2) is 0 Å². The van der Waals surface area contributed by atoms with Gasteiger partial charge in [0.05, 0.1) is 0 Å².